The third kappa shape index (κ3) is 8.93. The Morgan fingerprint density at radius 3 is 2.23 bits per heavy atom. The van der Waals surface area contributed by atoms with E-state index in [-0.39, 0.29) is 11.8 Å². The van der Waals surface area contributed by atoms with Crippen LogP contribution in [0.3, 0.4) is 0 Å². The van der Waals surface area contributed by atoms with E-state index in [1.54, 1.807) is 18.2 Å². The minimum absolute atomic E-state index is 0.0168. The summed E-state index contributed by atoms with van der Waals surface area (Å²) in [6.07, 6.45) is 0.939. The van der Waals surface area contributed by atoms with Crippen molar-refractivity contribution >= 4 is 34.3 Å². The van der Waals surface area contributed by atoms with Gasteiger partial charge in [-0.05, 0) is 83.6 Å². The predicted octanol–water partition coefficient (Wildman–Crippen LogP) is 6.14. The number of hydrogen-bond acceptors (Lipinski definition) is 6. The number of nitrogens with zero attached hydrogens (tertiary/aromatic N) is 2. The van der Waals surface area contributed by atoms with Crippen LogP contribution in [-0.4, -0.2) is 65.5 Å². The molecule has 4 rings (SSSR count). The van der Waals surface area contributed by atoms with Crippen molar-refractivity contribution in [2.24, 2.45) is 4.99 Å². The van der Waals surface area contributed by atoms with E-state index in [0.29, 0.717) is 53.7 Å². The first-order chi connectivity index (χ1) is 20.5. The van der Waals surface area contributed by atoms with Gasteiger partial charge in [-0.2, -0.15) is 0 Å². The Kier molecular flexibility index (Phi) is 10.2. The molecule has 0 aliphatic heterocycles. The maximum Gasteiger partial charge on any atom is 0.407 e. The first kappa shape index (κ1) is 31.3. The number of carbonyl (C=O) groups is 2. The maximum atomic E-state index is 13.0. The molecule has 2 amide bonds. The second-order valence-corrected chi connectivity index (χ2v) is 11.7. The van der Waals surface area contributed by atoms with Crippen LogP contribution >= 0.6 is 0 Å². The van der Waals surface area contributed by atoms with Crippen LogP contribution in [0.1, 0.15) is 60.7 Å². The van der Waals surface area contributed by atoms with Crippen molar-refractivity contribution in [1.82, 2.24) is 20.5 Å². The summed E-state index contributed by atoms with van der Waals surface area (Å²) in [7, 11) is 4.06. The van der Waals surface area contributed by atoms with Gasteiger partial charge in [0, 0.05) is 41.7 Å². The molecule has 0 saturated heterocycles. The molecule has 0 spiro atoms. The fourth-order valence-electron chi connectivity index (χ4n) is 4.65. The zero-order valence-electron chi connectivity index (χ0n) is 25.5. The standard InChI is InChI=1S/C34H41N5O4/c1-34(2,3)43-33(42)36-20-10-9-19-35-31(40)25-15-18-28-27(21-25)29(32(41)38-28)30(24-11-7-6-8-12-24)37-26-16-13-23(14-17-26)22-39(4)5/h6-8,11-18,21,38,41H,9-10,19-20,22H2,1-5H3,(H,35,40)(H,36,42). The highest BCUT2D eigenvalue weighted by molar-refractivity contribution is 6.22. The van der Waals surface area contributed by atoms with Crippen molar-refractivity contribution in [3.63, 3.8) is 0 Å². The van der Waals surface area contributed by atoms with Crippen LogP contribution in [0.15, 0.2) is 77.8 Å². The molecule has 9 nitrogen and oxygen atoms in total. The number of nitrogens with one attached hydrogen (secondary N) is 3. The molecule has 0 bridgehead atoms. The van der Waals surface area contributed by atoms with Crippen molar-refractivity contribution in [1.29, 1.82) is 0 Å². The van der Waals surface area contributed by atoms with E-state index in [4.69, 9.17) is 9.73 Å². The lowest BCUT2D eigenvalue weighted by Crippen LogP contribution is -2.33. The van der Waals surface area contributed by atoms with Crippen LogP contribution in [0.2, 0.25) is 0 Å². The topological polar surface area (TPSA) is 119 Å². The second kappa shape index (κ2) is 14.0. The minimum Gasteiger partial charge on any atom is -0.494 e. The minimum atomic E-state index is -0.541. The van der Waals surface area contributed by atoms with Crippen LogP contribution in [0, 0.1) is 0 Å². The monoisotopic (exact) mass is 583 g/mol. The molecule has 226 valence electrons. The first-order valence-corrected chi connectivity index (χ1v) is 14.5. The highest BCUT2D eigenvalue weighted by Crippen LogP contribution is 2.32. The first-order valence-electron chi connectivity index (χ1n) is 14.5. The number of aromatic hydroxyl groups is 1. The molecule has 0 aliphatic rings. The summed E-state index contributed by atoms with van der Waals surface area (Å²) < 4.78 is 5.23. The van der Waals surface area contributed by atoms with Crippen molar-refractivity contribution < 1.29 is 19.4 Å². The van der Waals surface area contributed by atoms with Crippen molar-refractivity contribution in [2.75, 3.05) is 27.2 Å². The number of amides is 2. The van der Waals surface area contributed by atoms with Crippen molar-refractivity contribution in [2.45, 2.75) is 45.8 Å². The number of aromatic nitrogens is 1. The summed E-state index contributed by atoms with van der Waals surface area (Å²) in [6.45, 7) is 7.20. The quantitative estimate of drug-likeness (QED) is 0.125. The van der Waals surface area contributed by atoms with E-state index in [2.05, 4.69) is 20.5 Å². The lowest BCUT2D eigenvalue weighted by atomic mass is 9.99. The van der Waals surface area contributed by atoms with Crippen molar-refractivity contribution in [3.8, 4) is 5.88 Å². The molecule has 3 aromatic carbocycles. The highest BCUT2D eigenvalue weighted by atomic mass is 16.6. The normalized spacial score (nSPS) is 12.0. The molecule has 4 N–H and O–H groups in total. The summed E-state index contributed by atoms with van der Waals surface area (Å²) in [5.41, 5.74) is 4.52. The van der Waals surface area contributed by atoms with Gasteiger partial charge in [0.05, 0.1) is 17.0 Å². The lowest BCUT2D eigenvalue weighted by molar-refractivity contribution is 0.0526. The lowest BCUT2D eigenvalue weighted by Gasteiger charge is -2.19. The third-order valence-electron chi connectivity index (χ3n) is 6.56. The van der Waals surface area contributed by atoms with E-state index in [1.807, 2.05) is 89.5 Å². The molecule has 0 fully saturated rings. The van der Waals surface area contributed by atoms with Gasteiger partial charge < -0.3 is 30.4 Å². The second-order valence-electron chi connectivity index (χ2n) is 11.7. The average molecular weight is 584 g/mol. The van der Waals surface area contributed by atoms with Gasteiger partial charge in [0.1, 0.15) is 5.60 Å². The van der Waals surface area contributed by atoms with E-state index < -0.39 is 11.7 Å². The zero-order valence-corrected chi connectivity index (χ0v) is 25.5. The third-order valence-corrected chi connectivity index (χ3v) is 6.56. The van der Waals surface area contributed by atoms with E-state index in [1.165, 1.54) is 5.56 Å². The van der Waals surface area contributed by atoms with Crippen LogP contribution in [0.4, 0.5) is 10.5 Å². The molecular formula is C34H41N5O4. The summed E-state index contributed by atoms with van der Waals surface area (Å²) >= 11 is 0. The Labute approximate surface area is 253 Å². The Morgan fingerprint density at radius 2 is 1.58 bits per heavy atom. The van der Waals surface area contributed by atoms with E-state index in [0.717, 1.165) is 17.8 Å². The Hall–Kier alpha value is -4.63. The summed E-state index contributed by atoms with van der Waals surface area (Å²) in [5.74, 6) is -0.236. The summed E-state index contributed by atoms with van der Waals surface area (Å²) in [5, 5.41) is 17.4. The van der Waals surface area contributed by atoms with Crippen LogP contribution in [0.5, 0.6) is 5.88 Å². The Balaban J connectivity index is 1.52. The number of H-pyrrole nitrogens is 1. The van der Waals surface area contributed by atoms with Crippen LogP contribution in [0.25, 0.3) is 10.9 Å². The van der Waals surface area contributed by atoms with Gasteiger partial charge >= 0.3 is 6.09 Å². The maximum absolute atomic E-state index is 13.0. The molecule has 43 heavy (non-hydrogen) atoms. The van der Waals surface area contributed by atoms with Gasteiger partial charge in [-0.3, -0.25) is 4.79 Å². The predicted molar refractivity (Wildman–Crippen MR) is 171 cm³/mol. The molecule has 0 aliphatic carbocycles. The number of aromatic amines is 1. The molecular weight excluding hydrogens is 542 g/mol. The smallest absolute Gasteiger partial charge is 0.407 e. The van der Waals surface area contributed by atoms with E-state index >= 15 is 0 Å². The number of aliphatic imine (C=N–C) groups is 1. The fraction of sp³-hybridized carbons (Fsp3) is 0.324. The number of rotatable bonds is 11. The molecule has 4 aromatic rings. The zero-order chi connectivity index (χ0) is 31.0. The molecule has 0 radical (unpaired) electrons. The van der Waals surface area contributed by atoms with Gasteiger partial charge in [0.2, 0.25) is 0 Å². The van der Waals surface area contributed by atoms with Gasteiger partial charge in [-0.25, -0.2) is 9.79 Å². The Bertz CT molecular complexity index is 1570. The molecule has 9 heteroatoms. The fourth-order valence-corrected chi connectivity index (χ4v) is 4.65. The number of carbonyl (C=O) groups excluding carboxylic acids is 2. The van der Waals surface area contributed by atoms with Gasteiger partial charge in [0.25, 0.3) is 5.91 Å². The number of alkyl carbamates (subject to hydrolysis) is 1. The largest absolute Gasteiger partial charge is 0.494 e. The Morgan fingerprint density at radius 1 is 0.907 bits per heavy atom. The number of ether oxygens (including phenoxy) is 1. The summed E-state index contributed by atoms with van der Waals surface area (Å²) in [6, 6.07) is 23.0. The van der Waals surface area contributed by atoms with Gasteiger partial charge in [-0.1, -0.05) is 42.5 Å². The number of hydrogen-bond donors (Lipinski definition) is 4. The molecule has 1 aromatic heterocycles. The van der Waals surface area contributed by atoms with Gasteiger partial charge in [0.15, 0.2) is 5.88 Å². The number of fused-ring (bicyclic) bond motifs is 1. The number of benzene rings is 3. The molecule has 0 atom stereocenters. The summed E-state index contributed by atoms with van der Waals surface area (Å²) in [4.78, 5) is 34.9. The van der Waals surface area contributed by atoms with Crippen molar-refractivity contribution in [3.05, 3.63) is 95.1 Å². The van der Waals surface area contributed by atoms with E-state index in [9.17, 15) is 14.7 Å². The number of unbranched alkanes of at least 4 members (excludes halogenated alkanes) is 1. The van der Waals surface area contributed by atoms with Gasteiger partial charge in [-0.15, -0.1) is 0 Å². The average Bonchev–Trinajstić information content (AvgIpc) is 3.28. The highest BCUT2D eigenvalue weighted by Gasteiger charge is 2.20. The van der Waals surface area contributed by atoms with Crippen LogP contribution in [-0.2, 0) is 11.3 Å². The molecule has 0 saturated carbocycles. The SMILES string of the molecule is CN(C)Cc1ccc(N=C(c2ccccc2)c2c(O)[nH]c3ccc(C(=O)NCCCCNC(=O)OC(C)(C)C)cc23)cc1. The molecule has 1 heterocycles. The molecule has 0 unspecified atom stereocenters. The van der Waals surface area contributed by atoms with Crippen LogP contribution < -0.4 is 10.6 Å².